The van der Waals surface area contributed by atoms with Crippen molar-refractivity contribution in [3.05, 3.63) is 11.4 Å². The fraction of sp³-hybridized carbons (Fsp3) is 0.750. The molecule has 1 fully saturated rings. The van der Waals surface area contributed by atoms with Gasteiger partial charge in [-0.1, -0.05) is 19.1 Å². The molecule has 0 aliphatic carbocycles. The highest BCUT2D eigenvalue weighted by molar-refractivity contribution is 5.76. The van der Waals surface area contributed by atoms with Crippen molar-refractivity contribution in [1.82, 2.24) is 15.0 Å². The van der Waals surface area contributed by atoms with Crippen LogP contribution < -0.4 is 5.73 Å². The lowest BCUT2D eigenvalue weighted by molar-refractivity contribution is -0.117. The van der Waals surface area contributed by atoms with Gasteiger partial charge in [-0.15, -0.1) is 5.10 Å². The first kappa shape index (κ1) is 13.0. The Morgan fingerprint density at radius 2 is 2.39 bits per heavy atom. The lowest BCUT2D eigenvalue weighted by Gasteiger charge is -2.14. The smallest absolute Gasteiger partial charge is 0.223 e. The second-order valence-corrected chi connectivity index (χ2v) is 5.04. The number of nitrogens with two attached hydrogens (primary N) is 1. The van der Waals surface area contributed by atoms with Gasteiger partial charge in [-0.3, -0.25) is 4.79 Å². The standard InChI is InChI=1S/C12H20N4O2/c1-8(2)12-10(6-11(13)17)14-15-16(12)7-9-4-3-5-18-9/h8-9H,3-7H2,1-2H3,(H2,13,17). The van der Waals surface area contributed by atoms with E-state index in [-0.39, 0.29) is 24.3 Å². The summed E-state index contributed by atoms with van der Waals surface area (Å²) < 4.78 is 7.46. The number of aromatic nitrogens is 3. The Morgan fingerprint density at radius 3 is 2.94 bits per heavy atom. The van der Waals surface area contributed by atoms with Crippen molar-refractivity contribution in [3.8, 4) is 0 Å². The quantitative estimate of drug-likeness (QED) is 0.832. The molecular weight excluding hydrogens is 232 g/mol. The highest BCUT2D eigenvalue weighted by Gasteiger charge is 2.22. The summed E-state index contributed by atoms with van der Waals surface area (Å²) in [6, 6.07) is 0. The monoisotopic (exact) mass is 252 g/mol. The van der Waals surface area contributed by atoms with Crippen LogP contribution in [0, 0.1) is 0 Å². The predicted molar refractivity (Wildman–Crippen MR) is 66.0 cm³/mol. The van der Waals surface area contributed by atoms with Crippen molar-refractivity contribution < 1.29 is 9.53 Å². The Kier molecular flexibility index (Phi) is 3.96. The van der Waals surface area contributed by atoms with Crippen LogP contribution in [0.3, 0.4) is 0 Å². The summed E-state index contributed by atoms with van der Waals surface area (Å²) in [4.78, 5) is 11.0. The summed E-state index contributed by atoms with van der Waals surface area (Å²) in [5.41, 5.74) is 6.91. The summed E-state index contributed by atoms with van der Waals surface area (Å²) in [7, 11) is 0. The Hall–Kier alpha value is -1.43. The molecule has 0 bridgehead atoms. The van der Waals surface area contributed by atoms with Crippen LogP contribution in [0.2, 0.25) is 0 Å². The molecule has 2 heterocycles. The fourth-order valence-corrected chi connectivity index (χ4v) is 2.39. The zero-order valence-electron chi connectivity index (χ0n) is 10.9. The number of rotatable bonds is 5. The molecule has 2 N–H and O–H groups in total. The van der Waals surface area contributed by atoms with Gasteiger partial charge in [0.25, 0.3) is 0 Å². The highest BCUT2D eigenvalue weighted by atomic mass is 16.5. The van der Waals surface area contributed by atoms with Gasteiger partial charge in [0, 0.05) is 6.61 Å². The maximum Gasteiger partial charge on any atom is 0.223 e. The van der Waals surface area contributed by atoms with Gasteiger partial charge in [-0.05, 0) is 18.8 Å². The molecule has 1 unspecified atom stereocenters. The van der Waals surface area contributed by atoms with E-state index in [9.17, 15) is 4.79 Å². The lowest BCUT2D eigenvalue weighted by Crippen LogP contribution is -2.20. The van der Waals surface area contributed by atoms with Crippen molar-refractivity contribution in [2.24, 2.45) is 5.73 Å². The summed E-state index contributed by atoms with van der Waals surface area (Å²) in [5, 5.41) is 8.21. The molecule has 0 saturated carbocycles. The van der Waals surface area contributed by atoms with Gasteiger partial charge < -0.3 is 10.5 Å². The van der Waals surface area contributed by atoms with Crippen LogP contribution in [0.1, 0.15) is 44.0 Å². The topological polar surface area (TPSA) is 83.0 Å². The van der Waals surface area contributed by atoms with E-state index in [0.29, 0.717) is 12.2 Å². The molecule has 6 nitrogen and oxygen atoms in total. The first-order chi connectivity index (χ1) is 8.58. The molecule has 1 aliphatic heterocycles. The van der Waals surface area contributed by atoms with Gasteiger partial charge in [0.2, 0.25) is 5.91 Å². The van der Waals surface area contributed by atoms with Crippen LogP contribution >= 0.6 is 0 Å². The third-order valence-electron chi connectivity index (χ3n) is 3.14. The molecule has 1 aromatic heterocycles. The van der Waals surface area contributed by atoms with Gasteiger partial charge in [-0.2, -0.15) is 0 Å². The maximum absolute atomic E-state index is 11.0. The van der Waals surface area contributed by atoms with Crippen LogP contribution in [0.5, 0.6) is 0 Å². The van der Waals surface area contributed by atoms with Crippen molar-refractivity contribution in [2.45, 2.75) is 51.7 Å². The Balaban J connectivity index is 2.18. The Bertz CT molecular complexity index is 422. The van der Waals surface area contributed by atoms with Crippen molar-refractivity contribution >= 4 is 5.91 Å². The molecule has 1 atom stereocenters. The number of ether oxygens (including phenoxy) is 1. The third kappa shape index (κ3) is 2.87. The zero-order chi connectivity index (χ0) is 13.1. The Morgan fingerprint density at radius 1 is 1.61 bits per heavy atom. The van der Waals surface area contributed by atoms with Gasteiger partial charge >= 0.3 is 0 Å². The predicted octanol–water partition coefficient (Wildman–Crippen LogP) is 0.608. The molecule has 2 rings (SSSR count). The van der Waals surface area contributed by atoms with E-state index in [4.69, 9.17) is 10.5 Å². The van der Waals surface area contributed by atoms with E-state index in [1.807, 2.05) is 4.68 Å². The molecular formula is C12H20N4O2. The highest BCUT2D eigenvalue weighted by Crippen LogP contribution is 2.21. The number of hydrogen-bond donors (Lipinski definition) is 1. The van der Waals surface area contributed by atoms with E-state index in [0.717, 1.165) is 25.1 Å². The van der Waals surface area contributed by atoms with Crippen molar-refractivity contribution in [2.75, 3.05) is 6.61 Å². The minimum atomic E-state index is -0.374. The van der Waals surface area contributed by atoms with E-state index in [1.54, 1.807) is 0 Å². The van der Waals surface area contributed by atoms with Gasteiger partial charge in [0.15, 0.2) is 0 Å². The minimum Gasteiger partial charge on any atom is -0.376 e. The molecule has 1 saturated heterocycles. The SMILES string of the molecule is CC(C)c1c(CC(N)=O)nnn1CC1CCCO1. The largest absolute Gasteiger partial charge is 0.376 e. The molecule has 1 aromatic rings. The normalized spacial score (nSPS) is 19.6. The molecule has 18 heavy (non-hydrogen) atoms. The van der Waals surface area contributed by atoms with Crippen LogP contribution in [-0.2, 0) is 22.5 Å². The van der Waals surface area contributed by atoms with Crippen LogP contribution in [0.25, 0.3) is 0 Å². The van der Waals surface area contributed by atoms with E-state index < -0.39 is 0 Å². The number of amides is 1. The average Bonchev–Trinajstić information content (AvgIpc) is 2.88. The molecule has 6 heteroatoms. The molecule has 1 amide bonds. The first-order valence-electron chi connectivity index (χ1n) is 6.40. The Labute approximate surface area is 106 Å². The lowest BCUT2D eigenvalue weighted by atomic mass is 10.1. The minimum absolute atomic E-state index is 0.152. The molecule has 0 aromatic carbocycles. The van der Waals surface area contributed by atoms with E-state index in [2.05, 4.69) is 24.2 Å². The second-order valence-electron chi connectivity index (χ2n) is 5.04. The third-order valence-corrected chi connectivity index (χ3v) is 3.14. The number of nitrogens with zero attached hydrogens (tertiary/aromatic N) is 3. The molecule has 0 spiro atoms. The summed E-state index contributed by atoms with van der Waals surface area (Å²) >= 11 is 0. The number of carbonyl (C=O) groups excluding carboxylic acids is 1. The summed E-state index contributed by atoms with van der Waals surface area (Å²) in [6.45, 7) is 5.66. The zero-order valence-corrected chi connectivity index (χ0v) is 10.9. The van der Waals surface area contributed by atoms with Gasteiger partial charge in [0.1, 0.15) is 0 Å². The molecule has 100 valence electrons. The van der Waals surface area contributed by atoms with Gasteiger partial charge in [-0.25, -0.2) is 4.68 Å². The number of carbonyl (C=O) groups is 1. The van der Waals surface area contributed by atoms with Gasteiger partial charge in [0.05, 0.1) is 30.5 Å². The average molecular weight is 252 g/mol. The van der Waals surface area contributed by atoms with Crippen LogP contribution in [0.15, 0.2) is 0 Å². The summed E-state index contributed by atoms with van der Waals surface area (Å²) in [6.07, 6.45) is 2.53. The van der Waals surface area contributed by atoms with Crippen molar-refractivity contribution in [3.63, 3.8) is 0 Å². The molecule has 1 aliphatic rings. The number of hydrogen-bond acceptors (Lipinski definition) is 4. The van der Waals surface area contributed by atoms with E-state index in [1.165, 1.54) is 0 Å². The number of primary amides is 1. The second kappa shape index (κ2) is 5.48. The first-order valence-corrected chi connectivity index (χ1v) is 6.40. The fourth-order valence-electron chi connectivity index (χ4n) is 2.39. The van der Waals surface area contributed by atoms with Crippen molar-refractivity contribution in [1.29, 1.82) is 0 Å². The maximum atomic E-state index is 11.0. The van der Waals surface area contributed by atoms with E-state index >= 15 is 0 Å². The summed E-state index contributed by atoms with van der Waals surface area (Å²) in [5.74, 6) is -0.114. The van der Waals surface area contributed by atoms with Crippen LogP contribution in [0.4, 0.5) is 0 Å². The van der Waals surface area contributed by atoms with Crippen LogP contribution in [-0.4, -0.2) is 33.6 Å². The molecule has 0 radical (unpaired) electrons.